The fourth-order valence-corrected chi connectivity index (χ4v) is 2.55. The van der Waals surface area contributed by atoms with Crippen molar-refractivity contribution in [2.75, 3.05) is 13.6 Å². The Morgan fingerprint density at radius 2 is 1.73 bits per heavy atom. The topological polar surface area (TPSA) is 40.5 Å². The minimum atomic E-state index is -0.868. The molecule has 0 aliphatic heterocycles. The van der Waals surface area contributed by atoms with E-state index in [0.717, 1.165) is 31.5 Å². The van der Waals surface area contributed by atoms with Gasteiger partial charge in [0.2, 0.25) is 0 Å². The zero-order chi connectivity index (χ0) is 15.8. The molecule has 0 spiro atoms. The zero-order valence-corrected chi connectivity index (χ0v) is 13.0. The number of unbranched alkanes of at least 4 members (excludes halogenated alkanes) is 1. The van der Waals surface area contributed by atoms with E-state index < -0.39 is 5.97 Å². The van der Waals surface area contributed by atoms with Crippen LogP contribution in [-0.4, -0.2) is 29.6 Å². The molecule has 3 nitrogen and oxygen atoms in total. The summed E-state index contributed by atoms with van der Waals surface area (Å²) < 4.78 is 0. The molecule has 22 heavy (non-hydrogen) atoms. The molecule has 0 fully saturated rings. The third-order valence-electron chi connectivity index (χ3n) is 3.72. The second kappa shape index (κ2) is 8.35. The Morgan fingerprint density at radius 3 is 2.45 bits per heavy atom. The molecule has 2 rings (SSSR count). The summed E-state index contributed by atoms with van der Waals surface area (Å²) in [6.45, 7) is 1.80. The van der Waals surface area contributed by atoms with Gasteiger partial charge in [-0.1, -0.05) is 42.5 Å². The predicted octanol–water partition coefficient (Wildman–Crippen LogP) is 3.84. The SMILES string of the molecule is CN(CCCCc1ccccc1)Cc1cccc(C(=O)O)c1. The van der Waals surface area contributed by atoms with Crippen molar-refractivity contribution < 1.29 is 9.90 Å². The molecule has 0 radical (unpaired) electrons. The lowest BCUT2D eigenvalue weighted by atomic mass is 10.1. The zero-order valence-electron chi connectivity index (χ0n) is 13.0. The van der Waals surface area contributed by atoms with E-state index in [9.17, 15) is 4.79 Å². The van der Waals surface area contributed by atoms with E-state index in [1.165, 1.54) is 12.0 Å². The summed E-state index contributed by atoms with van der Waals surface area (Å²) in [5, 5.41) is 9.01. The molecule has 0 saturated carbocycles. The van der Waals surface area contributed by atoms with Crippen LogP contribution in [0.1, 0.15) is 34.3 Å². The van der Waals surface area contributed by atoms with Crippen LogP contribution in [0.3, 0.4) is 0 Å². The lowest BCUT2D eigenvalue weighted by Gasteiger charge is -2.16. The lowest BCUT2D eigenvalue weighted by Crippen LogP contribution is -2.19. The normalized spacial score (nSPS) is 10.8. The first kappa shape index (κ1) is 16.2. The first-order valence-corrected chi connectivity index (χ1v) is 7.70. The van der Waals surface area contributed by atoms with E-state index in [-0.39, 0.29) is 0 Å². The van der Waals surface area contributed by atoms with Crippen molar-refractivity contribution in [2.45, 2.75) is 25.8 Å². The lowest BCUT2D eigenvalue weighted by molar-refractivity contribution is 0.0696. The quantitative estimate of drug-likeness (QED) is 0.753. The van der Waals surface area contributed by atoms with Crippen LogP contribution in [0.25, 0.3) is 0 Å². The largest absolute Gasteiger partial charge is 0.478 e. The van der Waals surface area contributed by atoms with Crippen molar-refractivity contribution in [3.05, 3.63) is 71.3 Å². The molecule has 3 heteroatoms. The average molecular weight is 297 g/mol. The van der Waals surface area contributed by atoms with Crippen molar-refractivity contribution >= 4 is 5.97 Å². The molecule has 0 aliphatic rings. The van der Waals surface area contributed by atoms with E-state index in [2.05, 4.69) is 36.2 Å². The molecule has 0 atom stereocenters. The minimum absolute atomic E-state index is 0.356. The Balaban J connectivity index is 1.72. The van der Waals surface area contributed by atoms with E-state index in [1.54, 1.807) is 12.1 Å². The van der Waals surface area contributed by atoms with Gasteiger partial charge in [-0.15, -0.1) is 0 Å². The van der Waals surface area contributed by atoms with Crippen LogP contribution in [0.4, 0.5) is 0 Å². The van der Waals surface area contributed by atoms with Gasteiger partial charge in [0.1, 0.15) is 0 Å². The Bertz CT molecular complexity index is 595. The molecule has 0 bridgehead atoms. The highest BCUT2D eigenvalue weighted by Gasteiger charge is 2.05. The van der Waals surface area contributed by atoms with Crippen molar-refractivity contribution in [2.24, 2.45) is 0 Å². The molecule has 0 aliphatic carbocycles. The number of rotatable bonds is 8. The van der Waals surface area contributed by atoms with Crippen LogP contribution >= 0.6 is 0 Å². The predicted molar refractivity (Wildman–Crippen MR) is 89.1 cm³/mol. The van der Waals surface area contributed by atoms with Gasteiger partial charge in [-0.25, -0.2) is 4.79 Å². The van der Waals surface area contributed by atoms with E-state index >= 15 is 0 Å². The van der Waals surface area contributed by atoms with Gasteiger partial charge in [0.25, 0.3) is 0 Å². The number of carbonyl (C=O) groups is 1. The summed E-state index contributed by atoms with van der Waals surface area (Å²) in [5.74, 6) is -0.868. The Kier molecular flexibility index (Phi) is 6.16. The van der Waals surface area contributed by atoms with Crippen LogP contribution in [0.5, 0.6) is 0 Å². The van der Waals surface area contributed by atoms with Crippen LogP contribution < -0.4 is 0 Å². The minimum Gasteiger partial charge on any atom is -0.478 e. The Hall–Kier alpha value is -2.13. The van der Waals surface area contributed by atoms with Crippen molar-refractivity contribution in [3.8, 4) is 0 Å². The van der Waals surface area contributed by atoms with Gasteiger partial charge in [-0.2, -0.15) is 0 Å². The highest BCUT2D eigenvalue weighted by atomic mass is 16.4. The maximum absolute atomic E-state index is 11.0. The van der Waals surface area contributed by atoms with E-state index in [4.69, 9.17) is 5.11 Å². The first-order valence-electron chi connectivity index (χ1n) is 7.70. The molecule has 2 aromatic carbocycles. The van der Waals surface area contributed by atoms with Crippen molar-refractivity contribution in [1.82, 2.24) is 4.90 Å². The summed E-state index contributed by atoms with van der Waals surface area (Å²) in [4.78, 5) is 13.2. The summed E-state index contributed by atoms with van der Waals surface area (Å²) in [7, 11) is 2.08. The molecular weight excluding hydrogens is 274 g/mol. The average Bonchev–Trinajstić information content (AvgIpc) is 2.53. The smallest absolute Gasteiger partial charge is 0.335 e. The second-order valence-corrected chi connectivity index (χ2v) is 5.69. The molecular formula is C19H23NO2. The van der Waals surface area contributed by atoms with Gasteiger partial charge in [-0.05, 0) is 56.1 Å². The number of benzene rings is 2. The van der Waals surface area contributed by atoms with Gasteiger partial charge in [0.15, 0.2) is 0 Å². The van der Waals surface area contributed by atoms with Crippen molar-refractivity contribution in [3.63, 3.8) is 0 Å². The number of carboxylic acid groups (broad SMARTS) is 1. The Morgan fingerprint density at radius 1 is 1.00 bits per heavy atom. The van der Waals surface area contributed by atoms with E-state index in [0.29, 0.717) is 5.56 Å². The first-order chi connectivity index (χ1) is 10.6. The molecule has 0 amide bonds. The van der Waals surface area contributed by atoms with Gasteiger partial charge >= 0.3 is 5.97 Å². The summed E-state index contributed by atoms with van der Waals surface area (Å²) in [6.07, 6.45) is 3.43. The number of carboxylic acids is 1. The third-order valence-corrected chi connectivity index (χ3v) is 3.72. The second-order valence-electron chi connectivity index (χ2n) is 5.69. The molecule has 2 aromatic rings. The molecule has 0 unspecified atom stereocenters. The number of nitrogens with zero attached hydrogens (tertiary/aromatic N) is 1. The summed E-state index contributed by atoms with van der Waals surface area (Å²) in [6, 6.07) is 17.7. The molecule has 0 aromatic heterocycles. The van der Waals surface area contributed by atoms with Crippen LogP contribution in [0.15, 0.2) is 54.6 Å². The molecule has 0 heterocycles. The molecule has 1 N–H and O–H groups in total. The summed E-state index contributed by atoms with van der Waals surface area (Å²) in [5.41, 5.74) is 2.79. The monoisotopic (exact) mass is 297 g/mol. The number of hydrogen-bond donors (Lipinski definition) is 1. The maximum atomic E-state index is 11.0. The maximum Gasteiger partial charge on any atom is 0.335 e. The standard InChI is InChI=1S/C19H23NO2/c1-20(13-6-5-10-16-8-3-2-4-9-16)15-17-11-7-12-18(14-17)19(21)22/h2-4,7-9,11-12,14H,5-6,10,13,15H2,1H3,(H,21,22). The molecule has 0 saturated heterocycles. The van der Waals surface area contributed by atoms with Crippen LogP contribution in [0.2, 0.25) is 0 Å². The van der Waals surface area contributed by atoms with Gasteiger partial charge in [0.05, 0.1) is 5.56 Å². The molecule has 116 valence electrons. The number of aryl methyl sites for hydroxylation is 1. The Labute approximate surface area is 132 Å². The number of aromatic carboxylic acids is 1. The fourth-order valence-electron chi connectivity index (χ4n) is 2.55. The fraction of sp³-hybridized carbons (Fsp3) is 0.316. The third kappa shape index (κ3) is 5.34. The van der Waals surface area contributed by atoms with Gasteiger partial charge < -0.3 is 10.0 Å². The van der Waals surface area contributed by atoms with Crippen LogP contribution in [-0.2, 0) is 13.0 Å². The van der Waals surface area contributed by atoms with Crippen molar-refractivity contribution in [1.29, 1.82) is 0 Å². The summed E-state index contributed by atoms with van der Waals surface area (Å²) >= 11 is 0. The van der Waals surface area contributed by atoms with Gasteiger partial charge in [-0.3, -0.25) is 0 Å². The number of hydrogen-bond acceptors (Lipinski definition) is 2. The van der Waals surface area contributed by atoms with E-state index in [1.807, 2.05) is 18.2 Å². The van der Waals surface area contributed by atoms with Crippen LogP contribution in [0, 0.1) is 0 Å². The van der Waals surface area contributed by atoms with Gasteiger partial charge in [0, 0.05) is 6.54 Å². The highest BCUT2D eigenvalue weighted by molar-refractivity contribution is 5.87. The highest BCUT2D eigenvalue weighted by Crippen LogP contribution is 2.09.